The van der Waals surface area contributed by atoms with Gasteiger partial charge in [-0.1, -0.05) is 0 Å². The Bertz CT molecular complexity index is 1240. The highest BCUT2D eigenvalue weighted by molar-refractivity contribution is 6.13. The maximum absolute atomic E-state index is 13.7. The van der Waals surface area contributed by atoms with Gasteiger partial charge in [-0.2, -0.15) is 14.8 Å². The summed E-state index contributed by atoms with van der Waals surface area (Å²) in [5, 5.41) is 8.25. The van der Waals surface area contributed by atoms with Crippen molar-refractivity contribution in [3.05, 3.63) is 76.0 Å². The molecule has 1 amide bonds. The van der Waals surface area contributed by atoms with Gasteiger partial charge in [0, 0.05) is 30.4 Å². The van der Waals surface area contributed by atoms with E-state index in [1.54, 1.807) is 11.1 Å². The van der Waals surface area contributed by atoms with Gasteiger partial charge in [-0.15, -0.1) is 0 Å². The Balaban J connectivity index is 1.63. The second kappa shape index (κ2) is 7.86. The number of aryl methyl sites for hydroxylation is 1. The summed E-state index contributed by atoms with van der Waals surface area (Å²) in [6.45, 7) is 2.29. The van der Waals surface area contributed by atoms with E-state index in [2.05, 4.69) is 15.2 Å². The quantitative estimate of drug-likeness (QED) is 0.513. The Morgan fingerprint density at radius 3 is 2.45 bits per heavy atom. The maximum Gasteiger partial charge on any atom is 0.258 e. The number of benzene rings is 1. The zero-order chi connectivity index (χ0) is 22.3. The zero-order valence-corrected chi connectivity index (χ0v) is 16.9. The lowest BCUT2D eigenvalue weighted by Crippen LogP contribution is -2.40. The third-order valence-corrected chi connectivity index (χ3v) is 5.19. The first-order chi connectivity index (χ1) is 14.8. The second-order valence-electron chi connectivity index (χ2n) is 7.27. The monoisotopic (exact) mass is 428 g/mol. The third-order valence-electron chi connectivity index (χ3n) is 5.19. The molecule has 7 nitrogen and oxygen atoms in total. The molecule has 0 atom stereocenters. The minimum absolute atomic E-state index is 0.0841. The number of rotatable bonds is 3. The lowest BCUT2D eigenvalue weighted by molar-refractivity contribution is 0.0766. The topological polar surface area (TPSA) is 88.9 Å². The van der Waals surface area contributed by atoms with E-state index in [9.17, 15) is 18.0 Å². The van der Waals surface area contributed by atoms with Gasteiger partial charge in [0.05, 0.1) is 30.2 Å². The molecular formula is C21H19F3N6O. The van der Waals surface area contributed by atoms with Crippen molar-refractivity contribution < 1.29 is 18.0 Å². The molecule has 0 aliphatic carbocycles. The van der Waals surface area contributed by atoms with Gasteiger partial charge in [-0.3, -0.25) is 9.79 Å². The fourth-order valence-corrected chi connectivity index (χ4v) is 3.67. The van der Waals surface area contributed by atoms with Crippen molar-refractivity contribution in [2.45, 2.75) is 13.3 Å². The Morgan fingerprint density at radius 1 is 1.13 bits per heavy atom. The van der Waals surface area contributed by atoms with E-state index < -0.39 is 17.5 Å². The van der Waals surface area contributed by atoms with Crippen LogP contribution in [-0.4, -0.2) is 51.5 Å². The minimum atomic E-state index is -1.54. The number of halogens is 3. The highest BCUT2D eigenvalue weighted by Gasteiger charge is 2.27. The number of amides is 1. The molecule has 0 bridgehead atoms. The number of fused-ring (bicyclic) bond motifs is 1. The fourth-order valence-electron chi connectivity index (χ4n) is 3.67. The van der Waals surface area contributed by atoms with E-state index in [4.69, 9.17) is 5.73 Å². The second-order valence-corrected chi connectivity index (χ2v) is 7.27. The Labute approximate surface area is 175 Å². The van der Waals surface area contributed by atoms with Gasteiger partial charge in [0.15, 0.2) is 17.5 Å². The van der Waals surface area contributed by atoms with Crippen molar-refractivity contribution in [1.82, 2.24) is 19.7 Å². The molecule has 1 aliphatic heterocycles. The molecule has 160 valence electrons. The Kier molecular flexibility index (Phi) is 5.22. The molecule has 0 unspecified atom stereocenters. The van der Waals surface area contributed by atoms with Crippen LogP contribution in [0.15, 0.2) is 46.9 Å². The zero-order valence-electron chi connectivity index (χ0n) is 16.9. The molecule has 0 saturated carbocycles. The molecule has 0 saturated heterocycles. The van der Waals surface area contributed by atoms with Crippen molar-refractivity contribution in [2.75, 3.05) is 20.1 Å². The van der Waals surface area contributed by atoms with Gasteiger partial charge in [0.2, 0.25) is 0 Å². The first kappa shape index (κ1) is 20.6. The molecule has 4 rings (SSSR count). The van der Waals surface area contributed by atoms with Crippen LogP contribution in [0, 0.1) is 24.4 Å². The van der Waals surface area contributed by atoms with Crippen LogP contribution in [0.5, 0.6) is 0 Å². The molecular weight excluding hydrogens is 409 g/mol. The fraction of sp³-hybridized carbons (Fsp3) is 0.238. The molecule has 3 aromatic rings. The van der Waals surface area contributed by atoms with Crippen molar-refractivity contribution in [2.24, 2.45) is 10.7 Å². The number of carbonyl (C=O) groups excluding carboxylic acids is 1. The van der Waals surface area contributed by atoms with Gasteiger partial charge in [-0.25, -0.2) is 13.2 Å². The van der Waals surface area contributed by atoms with Crippen LogP contribution in [0.2, 0.25) is 0 Å². The van der Waals surface area contributed by atoms with Crippen molar-refractivity contribution in [3.8, 4) is 0 Å². The first-order valence-corrected chi connectivity index (χ1v) is 9.49. The van der Waals surface area contributed by atoms with E-state index in [0.717, 1.165) is 17.7 Å². The summed E-state index contributed by atoms with van der Waals surface area (Å²) in [4.78, 5) is 18.7. The molecule has 0 spiro atoms. The molecule has 0 radical (unpaired) electrons. The summed E-state index contributed by atoms with van der Waals surface area (Å²) >= 11 is 0. The number of nitrogens with two attached hydrogens (primary N) is 1. The Morgan fingerprint density at radius 2 is 1.81 bits per heavy atom. The lowest BCUT2D eigenvalue weighted by atomic mass is 9.94. The summed E-state index contributed by atoms with van der Waals surface area (Å²) in [6, 6.07) is 3.58. The van der Waals surface area contributed by atoms with Gasteiger partial charge in [0.1, 0.15) is 5.52 Å². The molecule has 2 aromatic heterocycles. The van der Waals surface area contributed by atoms with E-state index in [-0.39, 0.29) is 23.7 Å². The number of aromatic nitrogens is 3. The van der Waals surface area contributed by atoms with Crippen LogP contribution >= 0.6 is 0 Å². The summed E-state index contributed by atoms with van der Waals surface area (Å²) in [5.41, 5.74) is 9.37. The number of aliphatic imine (C=N–C) groups is 1. The van der Waals surface area contributed by atoms with E-state index in [0.29, 0.717) is 35.3 Å². The van der Waals surface area contributed by atoms with Crippen LogP contribution in [0.3, 0.4) is 0 Å². The third kappa shape index (κ3) is 3.65. The predicted molar refractivity (Wildman–Crippen MR) is 108 cm³/mol. The van der Waals surface area contributed by atoms with Crippen LogP contribution in [0.1, 0.15) is 27.9 Å². The van der Waals surface area contributed by atoms with E-state index >= 15 is 0 Å². The summed E-state index contributed by atoms with van der Waals surface area (Å²) in [7, 11) is 1.46. The number of nitrogens with zero attached hydrogens (tertiary/aromatic N) is 5. The van der Waals surface area contributed by atoms with Gasteiger partial charge >= 0.3 is 0 Å². The molecule has 1 aromatic carbocycles. The van der Waals surface area contributed by atoms with Gasteiger partial charge in [0.25, 0.3) is 5.91 Å². The standard InChI is InChI=1S/C21H19F3N6O/c1-11-5-18-14(9-28-30(18)27-8-11)21(31)29-4-3-13(17(25)10-29)20(26-2)12-6-15(22)19(24)16(23)7-12/h5-9H,3-4,10,25H2,1-2H3. The van der Waals surface area contributed by atoms with Gasteiger partial charge in [-0.05, 0) is 37.1 Å². The van der Waals surface area contributed by atoms with Crippen molar-refractivity contribution in [3.63, 3.8) is 0 Å². The first-order valence-electron chi connectivity index (χ1n) is 9.49. The predicted octanol–water partition coefficient (Wildman–Crippen LogP) is 2.63. The molecule has 31 heavy (non-hydrogen) atoms. The van der Waals surface area contributed by atoms with E-state index in [1.807, 2.05) is 13.0 Å². The van der Waals surface area contributed by atoms with Crippen LogP contribution in [-0.2, 0) is 0 Å². The lowest BCUT2D eigenvalue weighted by Gasteiger charge is -2.29. The largest absolute Gasteiger partial charge is 0.400 e. The molecule has 1 aliphatic rings. The SMILES string of the molecule is CN=C(C1=C(N)CN(C(=O)c2cnn3ncc(C)cc23)CC1)c1cc(F)c(F)c(F)c1. The summed E-state index contributed by atoms with van der Waals surface area (Å²) in [5.74, 6) is -4.40. The highest BCUT2D eigenvalue weighted by Crippen LogP contribution is 2.24. The Hall–Kier alpha value is -3.69. The minimum Gasteiger partial charge on any atom is -0.400 e. The van der Waals surface area contributed by atoms with Gasteiger partial charge < -0.3 is 10.6 Å². The normalized spacial score (nSPS) is 15.1. The number of hydrogen-bond acceptors (Lipinski definition) is 5. The average molecular weight is 428 g/mol. The smallest absolute Gasteiger partial charge is 0.258 e. The van der Waals surface area contributed by atoms with Crippen LogP contribution in [0.25, 0.3) is 5.52 Å². The summed E-state index contributed by atoms with van der Waals surface area (Å²) < 4.78 is 42.1. The molecule has 2 N–H and O–H groups in total. The van der Waals surface area contributed by atoms with Crippen molar-refractivity contribution in [1.29, 1.82) is 0 Å². The molecule has 0 fully saturated rings. The maximum atomic E-state index is 13.7. The van der Waals surface area contributed by atoms with Crippen LogP contribution < -0.4 is 5.73 Å². The molecule has 3 heterocycles. The van der Waals surface area contributed by atoms with E-state index in [1.165, 1.54) is 17.9 Å². The van der Waals surface area contributed by atoms with Crippen molar-refractivity contribution >= 4 is 17.1 Å². The number of carbonyl (C=O) groups is 1. The highest BCUT2D eigenvalue weighted by atomic mass is 19.2. The summed E-state index contributed by atoms with van der Waals surface area (Å²) in [6.07, 6.45) is 3.43. The van der Waals surface area contributed by atoms with Crippen LogP contribution in [0.4, 0.5) is 13.2 Å². The molecule has 10 heteroatoms. The average Bonchev–Trinajstić information content (AvgIpc) is 3.16. The number of hydrogen-bond donors (Lipinski definition) is 1.